The van der Waals surface area contributed by atoms with Crippen LogP contribution in [-0.2, 0) is 6.54 Å². The van der Waals surface area contributed by atoms with E-state index in [4.69, 9.17) is 15.1 Å². The van der Waals surface area contributed by atoms with Gasteiger partial charge in [0.15, 0.2) is 11.5 Å². The lowest BCUT2D eigenvalue weighted by atomic mass is 10.2. The summed E-state index contributed by atoms with van der Waals surface area (Å²) in [5.41, 5.74) is 5.01. The van der Waals surface area contributed by atoms with Crippen molar-refractivity contribution in [1.82, 2.24) is 29.1 Å². The molecule has 1 aromatic carbocycles. The van der Waals surface area contributed by atoms with E-state index in [0.29, 0.717) is 11.8 Å². The molecule has 1 saturated carbocycles. The van der Waals surface area contributed by atoms with E-state index in [2.05, 4.69) is 46.9 Å². The molecule has 0 N–H and O–H groups in total. The molecule has 0 amide bonds. The molecule has 0 radical (unpaired) electrons. The van der Waals surface area contributed by atoms with Crippen LogP contribution in [-0.4, -0.2) is 29.1 Å². The van der Waals surface area contributed by atoms with Crippen molar-refractivity contribution in [2.24, 2.45) is 0 Å². The lowest BCUT2D eigenvalue weighted by Gasteiger charge is -2.04. The van der Waals surface area contributed by atoms with Crippen molar-refractivity contribution < 1.29 is 0 Å². The number of benzene rings is 1. The van der Waals surface area contributed by atoms with Crippen LogP contribution in [0, 0.1) is 13.8 Å². The van der Waals surface area contributed by atoms with Crippen LogP contribution in [0.25, 0.3) is 16.9 Å². The second-order valence-electron chi connectivity index (χ2n) is 7.68. The van der Waals surface area contributed by atoms with Gasteiger partial charge in [0.25, 0.3) is 0 Å². The van der Waals surface area contributed by atoms with Crippen molar-refractivity contribution in [3.8, 4) is 11.3 Å². The monoisotopic (exact) mass is 372 g/mol. The van der Waals surface area contributed by atoms with Gasteiger partial charge >= 0.3 is 0 Å². The molecule has 2 unspecified atom stereocenters. The Morgan fingerprint density at radius 2 is 1.89 bits per heavy atom. The van der Waals surface area contributed by atoms with Crippen LogP contribution in [0.3, 0.4) is 0 Å². The minimum absolute atomic E-state index is 0.334. The standard InChI is InChI=1S/C22H24N6/c1-4-10-27-13-19(16-8-6-5-7-9-16)24-22(27)18-11-17(18)20-25-21-15(3)23-12-14(2)28(21)26-20/h5-9,12-13,17-18H,4,10-11H2,1-3H3. The number of rotatable bonds is 5. The largest absolute Gasteiger partial charge is 0.334 e. The number of aryl methyl sites for hydroxylation is 3. The van der Waals surface area contributed by atoms with Gasteiger partial charge in [0, 0.05) is 36.3 Å². The van der Waals surface area contributed by atoms with E-state index in [1.807, 2.05) is 30.6 Å². The smallest absolute Gasteiger partial charge is 0.177 e. The minimum atomic E-state index is 0.334. The molecule has 4 aromatic rings. The summed E-state index contributed by atoms with van der Waals surface area (Å²) in [4.78, 5) is 14.2. The molecule has 3 heterocycles. The van der Waals surface area contributed by atoms with Crippen LogP contribution in [0.15, 0.2) is 42.7 Å². The summed E-state index contributed by atoms with van der Waals surface area (Å²) in [6.07, 6.45) is 6.19. The predicted octanol–water partition coefficient (Wildman–Crippen LogP) is 4.29. The molecule has 1 aliphatic rings. The average molecular weight is 372 g/mol. The predicted molar refractivity (Wildman–Crippen MR) is 108 cm³/mol. The van der Waals surface area contributed by atoms with Gasteiger partial charge in [-0.1, -0.05) is 37.3 Å². The molecule has 28 heavy (non-hydrogen) atoms. The first-order chi connectivity index (χ1) is 13.7. The van der Waals surface area contributed by atoms with Crippen molar-refractivity contribution in [2.75, 3.05) is 0 Å². The summed E-state index contributed by atoms with van der Waals surface area (Å²) in [7, 11) is 0. The van der Waals surface area contributed by atoms with Gasteiger partial charge in [-0.3, -0.25) is 4.98 Å². The SMILES string of the molecule is CCCn1cc(-c2ccccc2)nc1C1CC1c1nc2c(C)ncc(C)n2n1. The molecule has 2 atom stereocenters. The Morgan fingerprint density at radius 1 is 1.07 bits per heavy atom. The number of aromatic nitrogens is 6. The number of nitrogens with zero attached hydrogens (tertiary/aromatic N) is 6. The van der Waals surface area contributed by atoms with Gasteiger partial charge in [-0.25, -0.2) is 14.5 Å². The minimum Gasteiger partial charge on any atom is -0.334 e. The molecule has 0 saturated heterocycles. The molecule has 6 heteroatoms. The highest BCUT2D eigenvalue weighted by Crippen LogP contribution is 2.53. The maximum atomic E-state index is 5.01. The van der Waals surface area contributed by atoms with Crippen LogP contribution in [0.2, 0.25) is 0 Å². The third-order valence-electron chi connectivity index (χ3n) is 5.52. The Labute approximate surface area is 164 Å². The number of imidazole rings is 1. The summed E-state index contributed by atoms with van der Waals surface area (Å²) in [6.45, 7) is 7.19. The van der Waals surface area contributed by atoms with Crippen molar-refractivity contribution in [3.63, 3.8) is 0 Å². The second-order valence-corrected chi connectivity index (χ2v) is 7.68. The summed E-state index contributed by atoms with van der Waals surface area (Å²) < 4.78 is 4.24. The fraction of sp³-hybridized carbons (Fsp3) is 0.364. The Bertz CT molecular complexity index is 1100. The van der Waals surface area contributed by atoms with E-state index >= 15 is 0 Å². The molecule has 5 rings (SSSR count). The van der Waals surface area contributed by atoms with Crippen molar-refractivity contribution >= 4 is 5.65 Å². The third-order valence-corrected chi connectivity index (χ3v) is 5.52. The highest BCUT2D eigenvalue weighted by molar-refractivity contribution is 5.58. The lowest BCUT2D eigenvalue weighted by molar-refractivity contribution is 0.634. The lowest BCUT2D eigenvalue weighted by Crippen LogP contribution is -2.02. The topological polar surface area (TPSA) is 60.9 Å². The molecular formula is C22H24N6. The summed E-state index contributed by atoms with van der Waals surface area (Å²) in [5.74, 6) is 2.79. The van der Waals surface area contributed by atoms with Crippen LogP contribution in [0.1, 0.15) is 54.6 Å². The normalized spacial score (nSPS) is 18.7. The zero-order chi connectivity index (χ0) is 19.3. The summed E-state index contributed by atoms with van der Waals surface area (Å²) in [6, 6.07) is 10.4. The average Bonchev–Trinajstić information content (AvgIpc) is 3.18. The first-order valence-corrected chi connectivity index (χ1v) is 9.97. The van der Waals surface area contributed by atoms with Crippen LogP contribution >= 0.6 is 0 Å². The Morgan fingerprint density at radius 3 is 2.64 bits per heavy atom. The van der Waals surface area contributed by atoms with E-state index in [0.717, 1.165) is 53.8 Å². The Hall–Kier alpha value is -3.02. The molecule has 3 aromatic heterocycles. The second kappa shape index (κ2) is 6.55. The molecular weight excluding hydrogens is 348 g/mol. The van der Waals surface area contributed by atoms with Gasteiger partial charge in [0.2, 0.25) is 0 Å². The van der Waals surface area contributed by atoms with E-state index < -0.39 is 0 Å². The highest BCUT2D eigenvalue weighted by atomic mass is 15.3. The van der Waals surface area contributed by atoms with Gasteiger partial charge in [0.1, 0.15) is 5.82 Å². The number of hydrogen-bond acceptors (Lipinski definition) is 4. The van der Waals surface area contributed by atoms with Crippen LogP contribution in [0.4, 0.5) is 0 Å². The van der Waals surface area contributed by atoms with E-state index in [1.54, 1.807) is 0 Å². The summed E-state index contributed by atoms with van der Waals surface area (Å²) in [5, 5.41) is 4.78. The molecule has 142 valence electrons. The van der Waals surface area contributed by atoms with E-state index in [-0.39, 0.29) is 0 Å². The fourth-order valence-corrected chi connectivity index (χ4v) is 3.93. The summed E-state index contributed by atoms with van der Waals surface area (Å²) >= 11 is 0. The van der Waals surface area contributed by atoms with Crippen LogP contribution < -0.4 is 0 Å². The Kier molecular flexibility index (Phi) is 4.00. The van der Waals surface area contributed by atoms with E-state index in [1.165, 1.54) is 5.56 Å². The molecule has 0 spiro atoms. The van der Waals surface area contributed by atoms with Gasteiger partial charge < -0.3 is 4.57 Å². The Balaban J connectivity index is 1.49. The first kappa shape index (κ1) is 17.1. The van der Waals surface area contributed by atoms with Gasteiger partial charge in [-0.2, -0.15) is 5.10 Å². The number of hydrogen-bond donors (Lipinski definition) is 0. The molecule has 0 aliphatic heterocycles. The molecule has 1 fully saturated rings. The molecule has 1 aliphatic carbocycles. The maximum Gasteiger partial charge on any atom is 0.177 e. The zero-order valence-electron chi connectivity index (χ0n) is 16.5. The zero-order valence-corrected chi connectivity index (χ0v) is 16.5. The molecule has 0 bridgehead atoms. The third kappa shape index (κ3) is 2.80. The van der Waals surface area contributed by atoms with E-state index in [9.17, 15) is 0 Å². The first-order valence-electron chi connectivity index (χ1n) is 9.97. The van der Waals surface area contributed by atoms with Crippen molar-refractivity contribution in [1.29, 1.82) is 0 Å². The number of fused-ring (bicyclic) bond motifs is 1. The van der Waals surface area contributed by atoms with Crippen molar-refractivity contribution in [2.45, 2.75) is 52.0 Å². The van der Waals surface area contributed by atoms with Crippen LogP contribution in [0.5, 0.6) is 0 Å². The van der Waals surface area contributed by atoms with Crippen molar-refractivity contribution in [3.05, 3.63) is 65.8 Å². The maximum absolute atomic E-state index is 5.01. The fourth-order valence-electron chi connectivity index (χ4n) is 3.93. The quantitative estimate of drug-likeness (QED) is 0.524. The van der Waals surface area contributed by atoms with Gasteiger partial charge in [-0.15, -0.1) is 0 Å². The van der Waals surface area contributed by atoms with Gasteiger partial charge in [0.05, 0.1) is 17.1 Å². The molecule has 6 nitrogen and oxygen atoms in total. The highest BCUT2D eigenvalue weighted by Gasteiger charge is 2.45. The van der Waals surface area contributed by atoms with Gasteiger partial charge in [-0.05, 0) is 26.7 Å².